The van der Waals surface area contributed by atoms with Crippen LogP contribution in [-0.4, -0.2) is 16.1 Å². The van der Waals surface area contributed by atoms with E-state index in [2.05, 4.69) is 15.5 Å². The SMILES string of the molecule is Cc1cc(C(=O)Nc2nnc(CC3CCCC3)s2)cs1. The normalized spacial score (nSPS) is 15.7. The molecule has 2 heterocycles. The molecule has 0 atom stereocenters. The molecule has 1 fully saturated rings. The highest BCUT2D eigenvalue weighted by atomic mass is 32.1. The summed E-state index contributed by atoms with van der Waals surface area (Å²) in [6.07, 6.45) is 6.28. The first-order valence-electron chi connectivity index (χ1n) is 6.89. The number of carbonyl (C=O) groups excluding carboxylic acids is 1. The Labute approximate surface area is 126 Å². The molecule has 0 spiro atoms. The number of hydrogen-bond donors (Lipinski definition) is 1. The molecule has 1 saturated carbocycles. The lowest BCUT2D eigenvalue weighted by molar-refractivity contribution is 0.102. The maximum absolute atomic E-state index is 12.0. The fourth-order valence-electron chi connectivity index (χ4n) is 2.58. The average Bonchev–Trinajstić information content (AvgIpc) is 3.13. The van der Waals surface area contributed by atoms with Gasteiger partial charge in [-0.25, -0.2) is 0 Å². The molecule has 0 aromatic carbocycles. The van der Waals surface area contributed by atoms with Gasteiger partial charge in [-0.1, -0.05) is 37.0 Å². The van der Waals surface area contributed by atoms with E-state index < -0.39 is 0 Å². The monoisotopic (exact) mass is 307 g/mol. The van der Waals surface area contributed by atoms with Gasteiger partial charge in [0.05, 0.1) is 5.56 Å². The zero-order chi connectivity index (χ0) is 13.9. The number of nitrogens with one attached hydrogen (secondary N) is 1. The molecule has 1 aliphatic rings. The predicted molar refractivity (Wildman–Crippen MR) is 82.6 cm³/mol. The van der Waals surface area contributed by atoms with E-state index in [4.69, 9.17) is 0 Å². The number of thiophene rings is 1. The third-order valence-corrected chi connectivity index (χ3v) is 5.34. The van der Waals surface area contributed by atoms with Gasteiger partial charge in [-0.05, 0) is 18.9 Å². The summed E-state index contributed by atoms with van der Waals surface area (Å²) in [5.74, 6) is 0.656. The molecule has 106 valence electrons. The molecule has 1 aliphatic carbocycles. The summed E-state index contributed by atoms with van der Waals surface area (Å²) in [5.41, 5.74) is 0.694. The summed E-state index contributed by atoms with van der Waals surface area (Å²) in [6, 6.07) is 1.89. The van der Waals surface area contributed by atoms with Crippen molar-refractivity contribution in [3.8, 4) is 0 Å². The zero-order valence-corrected chi connectivity index (χ0v) is 13.0. The summed E-state index contributed by atoms with van der Waals surface area (Å²) in [7, 11) is 0. The highest BCUT2D eigenvalue weighted by Gasteiger charge is 2.18. The minimum atomic E-state index is -0.0992. The predicted octanol–water partition coefficient (Wildman–Crippen LogP) is 3.89. The Morgan fingerprint density at radius 1 is 1.40 bits per heavy atom. The molecule has 0 saturated heterocycles. The van der Waals surface area contributed by atoms with Crippen molar-refractivity contribution in [2.45, 2.75) is 39.0 Å². The highest BCUT2D eigenvalue weighted by Crippen LogP contribution is 2.29. The van der Waals surface area contributed by atoms with Gasteiger partial charge < -0.3 is 0 Å². The van der Waals surface area contributed by atoms with Crippen LogP contribution in [0.3, 0.4) is 0 Å². The van der Waals surface area contributed by atoms with Gasteiger partial charge in [-0.3, -0.25) is 10.1 Å². The van der Waals surface area contributed by atoms with E-state index >= 15 is 0 Å². The Balaban J connectivity index is 1.60. The molecule has 3 rings (SSSR count). The van der Waals surface area contributed by atoms with Crippen molar-refractivity contribution in [3.63, 3.8) is 0 Å². The van der Waals surface area contributed by atoms with Gasteiger partial charge in [0.2, 0.25) is 5.13 Å². The van der Waals surface area contributed by atoms with E-state index in [0.717, 1.165) is 22.2 Å². The second-order valence-corrected chi connectivity index (χ2v) is 7.43. The van der Waals surface area contributed by atoms with Crippen molar-refractivity contribution < 1.29 is 4.79 Å². The summed E-state index contributed by atoms with van der Waals surface area (Å²) in [4.78, 5) is 13.1. The Morgan fingerprint density at radius 2 is 2.20 bits per heavy atom. The lowest BCUT2D eigenvalue weighted by Crippen LogP contribution is -2.10. The smallest absolute Gasteiger partial charge is 0.258 e. The first-order chi connectivity index (χ1) is 9.70. The van der Waals surface area contributed by atoms with Crippen molar-refractivity contribution in [1.82, 2.24) is 10.2 Å². The largest absolute Gasteiger partial charge is 0.296 e. The molecule has 1 amide bonds. The van der Waals surface area contributed by atoms with Crippen molar-refractivity contribution in [2.24, 2.45) is 5.92 Å². The molecular weight excluding hydrogens is 290 g/mol. The molecule has 0 bridgehead atoms. The van der Waals surface area contributed by atoms with Crippen molar-refractivity contribution >= 4 is 33.7 Å². The molecule has 0 radical (unpaired) electrons. The van der Waals surface area contributed by atoms with Gasteiger partial charge in [0.25, 0.3) is 5.91 Å². The Bertz CT molecular complexity index is 599. The van der Waals surface area contributed by atoms with Gasteiger partial charge in [-0.15, -0.1) is 21.5 Å². The molecule has 4 nitrogen and oxygen atoms in total. The quantitative estimate of drug-likeness (QED) is 0.932. The number of nitrogens with zero attached hydrogens (tertiary/aromatic N) is 2. The topological polar surface area (TPSA) is 54.9 Å². The van der Waals surface area contributed by atoms with Gasteiger partial charge in [0.1, 0.15) is 5.01 Å². The molecule has 6 heteroatoms. The van der Waals surface area contributed by atoms with E-state index in [-0.39, 0.29) is 5.91 Å². The van der Waals surface area contributed by atoms with Crippen molar-refractivity contribution in [3.05, 3.63) is 26.9 Å². The number of carbonyl (C=O) groups is 1. The summed E-state index contributed by atoms with van der Waals surface area (Å²) in [5, 5.41) is 14.6. The van der Waals surface area contributed by atoms with Crippen LogP contribution in [0.25, 0.3) is 0 Å². The van der Waals surface area contributed by atoms with Crippen molar-refractivity contribution in [2.75, 3.05) is 5.32 Å². The second-order valence-electron chi connectivity index (χ2n) is 5.26. The maximum atomic E-state index is 12.0. The Morgan fingerprint density at radius 3 is 2.90 bits per heavy atom. The lowest BCUT2D eigenvalue weighted by atomic mass is 10.1. The minimum absolute atomic E-state index is 0.0992. The van der Waals surface area contributed by atoms with E-state index in [1.54, 1.807) is 11.3 Å². The first kappa shape index (κ1) is 13.7. The zero-order valence-electron chi connectivity index (χ0n) is 11.4. The molecule has 2 aromatic rings. The van der Waals surface area contributed by atoms with Crippen LogP contribution in [0.5, 0.6) is 0 Å². The highest BCUT2D eigenvalue weighted by molar-refractivity contribution is 7.15. The van der Waals surface area contributed by atoms with Gasteiger partial charge in [0, 0.05) is 16.7 Å². The van der Waals surface area contributed by atoms with E-state index in [1.165, 1.54) is 37.0 Å². The lowest BCUT2D eigenvalue weighted by Gasteiger charge is -2.03. The molecule has 0 aliphatic heterocycles. The number of aromatic nitrogens is 2. The van der Waals surface area contributed by atoms with Crippen LogP contribution in [0.2, 0.25) is 0 Å². The third kappa shape index (κ3) is 3.24. The summed E-state index contributed by atoms with van der Waals surface area (Å²) < 4.78 is 0. The van der Waals surface area contributed by atoms with E-state index in [0.29, 0.717) is 10.7 Å². The minimum Gasteiger partial charge on any atom is -0.296 e. The van der Waals surface area contributed by atoms with Gasteiger partial charge in [-0.2, -0.15) is 0 Å². The number of anilines is 1. The van der Waals surface area contributed by atoms with Crippen LogP contribution in [0, 0.1) is 12.8 Å². The maximum Gasteiger partial charge on any atom is 0.258 e. The molecule has 0 unspecified atom stereocenters. The number of amides is 1. The first-order valence-corrected chi connectivity index (χ1v) is 8.59. The molecule has 1 N–H and O–H groups in total. The van der Waals surface area contributed by atoms with Crippen LogP contribution in [0.4, 0.5) is 5.13 Å². The van der Waals surface area contributed by atoms with Crippen LogP contribution in [0.15, 0.2) is 11.4 Å². The van der Waals surface area contributed by atoms with E-state index in [9.17, 15) is 4.79 Å². The number of aryl methyl sites for hydroxylation is 1. The van der Waals surface area contributed by atoms with Crippen LogP contribution < -0.4 is 5.32 Å². The fraction of sp³-hybridized carbons (Fsp3) is 0.500. The van der Waals surface area contributed by atoms with Crippen LogP contribution in [0.1, 0.15) is 45.9 Å². The van der Waals surface area contributed by atoms with Gasteiger partial charge >= 0.3 is 0 Å². The number of rotatable bonds is 4. The summed E-state index contributed by atoms with van der Waals surface area (Å²) >= 11 is 3.08. The summed E-state index contributed by atoms with van der Waals surface area (Å²) in [6.45, 7) is 1.99. The van der Waals surface area contributed by atoms with Gasteiger partial charge in [0.15, 0.2) is 0 Å². The van der Waals surface area contributed by atoms with Crippen LogP contribution in [-0.2, 0) is 6.42 Å². The second kappa shape index (κ2) is 6.01. The molecule has 2 aromatic heterocycles. The number of hydrogen-bond acceptors (Lipinski definition) is 5. The standard InChI is InChI=1S/C14H17N3OS2/c1-9-6-11(8-19-9)13(18)15-14-17-16-12(20-14)7-10-4-2-3-5-10/h6,8,10H,2-5,7H2,1H3,(H,15,17,18). The van der Waals surface area contributed by atoms with Crippen LogP contribution >= 0.6 is 22.7 Å². The fourth-order valence-corrected chi connectivity index (χ4v) is 4.11. The molecular formula is C14H17N3OS2. The average molecular weight is 307 g/mol. The van der Waals surface area contributed by atoms with Crippen molar-refractivity contribution in [1.29, 1.82) is 0 Å². The third-order valence-electron chi connectivity index (χ3n) is 3.62. The Hall–Kier alpha value is -1.27. The molecule has 20 heavy (non-hydrogen) atoms. The Kier molecular flexibility index (Phi) is 4.12. The van der Waals surface area contributed by atoms with E-state index in [1.807, 2.05) is 18.4 Å².